The largest absolute Gasteiger partial charge is 0.506 e. The molecule has 1 rings (SSSR count). The number of aryl methyl sites for hydroxylation is 1. The fourth-order valence-electron chi connectivity index (χ4n) is 1.59. The number of ether oxygens (including phenoxy) is 2. The van der Waals surface area contributed by atoms with E-state index in [0.29, 0.717) is 12.2 Å². The zero-order valence-corrected chi connectivity index (χ0v) is 10.7. The highest BCUT2D eigenvalue weighted by Gasteiger charge is 2.15. The SMILES string of the molecule is COC(OC)C(C)NCc1nc(C)ccc1O. The van der Waals surface area contributed by atoms with Crippen molar-refractivity contribution in [3.8, 4) is 5.75 Å². The minimum absolute atomic E-state index is 0.00622. The van der Waals surface area contributed by atoms with Crippen LogP contribution in [0.5, 0.6) is 5.75 Å². The number of rotatable bonds is 6. The number of nitrogens with one attached hydrogen (secondary N) is 1. The van der Waals surface area contributed by atoms with Crippen molar-refractivity contribution in [2.45, 2.75) is 32.7 Å². The Labute approximate surface area is 102 Å². The number of aromatic nitrogens is 1. The molecule has 0 saturated heterocycles. The van der Waals surface area contributed by atoms with Crippen LogP contribution < -0.4 is 5.32 Å². The first-order chi connectivity index (χ1) is 8.08. The molecule has 0 aliphatic heterocycles. The smallest absolute Gasteiger partial charge is 0.171 e. The lowest BCUT2D eigenvalue weighted by Gasteiger charge is -2.22. The summed E-state index contributed by atoms with van der Waals surface area (Å²) in [6.45, 7) is 4.31. The molecule has 1 unspecified atom stereocenters. The maximum atomic E-state index is 9.64. The van der Waals surface area contributed by atoms with Gasteiger partial charge in [-0.15, -0.1) is 0 Å². The lowest BCUT2D eigenvalue weighted by molar-refractivity contribution is -0.119. The summed E-state index contributed by atoms with van der Waals surface area (Å²) in [7, 11) is 3.18. The van der Waals surface area contributed by atoms with Crippen molar-refractivity contribution < 1.29 is 14.6 Å². The van der Waals surface area contributed by atoms with Gasteiger partial charge in [-0.05, 0) is 26.0 Å². The highest BCUT2D eigenvalue weighted by atomic mass is 16.7. The molecule has 0 aliphatic rings. The zero-order chi connectivity index (χ0) is 12.8. The van der Waals surface area contributed by atoms with Crippen LogP contribution in [0.25, 0.3) is 0 Å². The van der Waals surface area contributed by atoms with Crippen LogP contribution in [0.15, 0.2) is 12.1 Å². The number of pyridine rings is 1. The van der Waals surface area contributed by atoms with Crippen LogP contribution in [0.2, 0.25) is 0 Å². The van der Waals surface area contributed by atoms with E-state index in [1.165, 1.54) is 0 Å². The lowest BCUT2D eigenvalue weighted by atomic mass is 10.2. The number of hydrogen-bond donors (Lipinski definition) is 2. The normalized spacial score (nSPS) is 13.0. The molecular weight excluding hydrogens is 220 g/mol. The van der Waals surface area contributed by atoms with Crippen molar-refractivity contribution in [1.29, 1.82) is 0 Å². The predicted octanol–water partition coefficient (Wildman–Crippen LogP) is 1.19. The Morgan fingerprint density at radius 3 is 2.59 bits per heavy atom. The molecule has 1 atom stereocenters. The summed E-state index contributed by atoms with van der Waals surface area (Å²) in [6.07, 6.45) is -0.318. The van der Waals surface area contributed by atoms with Crippen LogP contribution in [0.3, 0.4) is 0 Å². The third-order valence-electron chi connectivity index (χ3n) is 2.55. The molecule has 0 bridgehead atoms. The lowest BCUT2D eigenvalue weighted by Crippen LogP contribution is -2.39. The van der Waals surface area contributed by atoms with Crippen LogP contribution in [-0.4, -0.2) is 36.6 Å². The predicted molar refractivity (Wildman–Crippen MR) is 64.7 cm³/mol. The zero-order valence-electron chi connectivity index (χ0n) is 10.7. The van der Waals surface area contributed by atoms with E-state index < -0.39 is 0 Å². The van der Waals surface area contributed by atoms with E-state index in [1.54, 1.807) is 26.4 Å². The minimum atomic E-state index is -0.318. The fraction of sp³-hybridized carbons (Fsp3) is 0.583. The summed E-state index contributed by atoms with van der Waals surface area (Å²) in [4.78, 5) is 4.26. The minimum Gasteiger partial charge on any atom is -0.506 e. The highest BCUT2D eigenvalue weighted by Crippen LogP contribution is 2.14. The van der Waals surface area contributed by atoms with Crippen molar-refractivity contribution in [2.75, 3.05) is 14.2 Å². The van der Waals surface area contributed by atoms with Crippen molar-refractivity contribution in [3.63, 3.8) is 0 Å². The second-order valence-electron chi connectivity index (χ2n) is 3.93. The van der Waals surface area contributed by atoms with Gasteiger partial charge in [0.1, 0.15) is 5.75 Å². The summed E-state index contributed by atoms with van der Waals surface area (Å²) in [5.41, 5.74) is 1.50. The van der Waals surface area contributed by atoms with E-state index in [-0.39, 0.29) is 18.1 Å². The Hall–Kier alpha value is -1.17. The molecule has 0 aliphatic carbocycles. The quantitative estimate of drug-likeness (QED) is 0.731. The monoisotopic (exact) mass is 240 g/mol. The molecule has 5 nitrogen and oxygen atoms in total. The van der Waals surface area contributed by atoms with Gasteiger partial charge in [0.25, 0.3) is 0 Å². The summed E-state index contributed by atoms with van der Waals surface area (Å²) >= 11 is 0. The van der Waals surface area contributed by atoms with E-state index in [2.05, 4.69) is 10.3 Å². The molecule has 1 heterocycles. The number of hydrogen-bond acceptors (Lipinski definition) is 5. The van der Waals surface area contributed by atoms with E-state index in [4.69, 9.17) is 9.47 Å². The molecule has 1 aromatic rings. The Kier molecular flexibility index (Phi) is 5.34. The third kappa shape index (κ3) is 3.96. The van der Waals surface area contributed by atoms with E-state index >= 15 is 0 Å². The van der Waals surface area contributed by atoms with Gasteiger partial charge in [0.15, 0.2) is 6.29 Å². The molecule has 96 valence electrons. The fourth-order valence-corrected chi connectivity index (χ4v) is 1.59. The van der Waals surface area contributed by atoms with Gasteiger partial charge in [-0.1, -0.05) is 0 Å². The molecule has 2 N–H and O–H groups in total. The maximum Gasteiger partial charge on any atom is 0.171 e. The Bertz CT molecular complexity index is 354. The summed E-state index contributed by atoms with van der Waals surface area (Å²) < 4.78 is 10.3. The molecule has 0 radical (unpaired) electrons. The Balaban J connectivity index is 2.57. The van der Waals surface area contributed by atoms with Crippen molar-refractivity contribution in [2.24, 2.45) is 0 Å². The third-order valence-corrected chi connectivity index (χ3v) is 2.55. The average molecular weight is 240 g/mol. The molecule has 5 heteroatoms. The van der Waals surface area contributed by atoms with Gasteiger partial charge in [-0.3, -0.25) is 4.98 Å². The van der Waals surface area contributed by atoms with Gasteiger partial charge in [0, 0.05) is 26.5 Å². The van der Waals surface area contributed by atoms with E-state index in [0.717, 1.165) is 5.69 Å². The molecule has 0 amide bonds. The molecule has 0 saturated carbocycles. The van der Waals surface area contributed by atoms with Crippen molar-refractivity contribution in [3.05, 3.63) is 23.5 Å². The van der Waals surface area contributed by atoms with Crippen LogP contribution in [0, 0.1) is 6.92 Å². The van der Waals surface area contributed by atoms with Gasteiger partial charge in [-0.25, -0.2) is 0 Å². The van der Waals surface area contributed by atoms with Crippen LogP contribution >= 0.6 is 0 Å². The summed E-state index contributed by atoms with van der Waals surface area (Å²) in [5, 5.41) is 12.8. The summed E-state index contributed by atoms with van der Waals surface area (Å²) in [6, 6.07) is 3.43. The van der Waals surface area contributed by atoms with Crippen LogP contribution in [0.4, 0.5) is 0 Å². The molecular formula is C12H20N2O3. The standard InChI is InChI=1S/C12H20N2O3/c1-8-5-6-11(15)10(14-8)7-13-9(2)12(16-3)17-4/h5-6,9,12-13,15H,7H2,1-4H3. The van der Waals surface area contributed by atoms with Gasteiger partial charge in [0.05, 0.1) is 11.7 Å². The van der Waals surface area contributed by atoms with Gasteiger partial charge >= 0.3 is 0 Å². The molecule has 0 aromatic carbocycles. The van der Waals surface area contributed by atoms with E-state index in [1.807, 2.05) is 13.8 Å². The first-order valence-corrected chi connectivity index (χ1v) is 5.53. The summed E-state index contributed by atoms with van der Waals surface area (Å²) in [5.74, 6) is 0.196. The van der Waals surface area contributed by atoms with Crippen LogP contribution in [0.1, 0.15) is 18.3 Å². The highest BCUT2D eigenvalue weighted by molar-refractivity contribution is 5.27. The van der Waals surface area contributed by atoms with Gasteiger partial charge in [0.2, 0.25) is 0 Å². The molecule has 17 heavy (non-hydrogen) atoms. The maximum absolute atomic E-state index is 9.64. The Morgan fingerprint density at radius 2 is 2.00 bits per heavy atom. The van der Waals surface area contributed by atoms with Gasteiger partial charge in [-0.2, -0.15) is 0 Å². The number of methoxy groups -OCH3 is 2. The van der Waals surface area contributed by atoms with Crippen molar-refractivity contribution in [1.82, 2.24) is 10.3 Å². The molecule has 0 spiro atoms. The number of nitrogens with zero attached hydrogens (tertiary/aromatic N) is 1. The second kappa shape index (κ2) is 6.54. The van der Waals surface area contributed by atoms with Gasteiger partial charge < -0.3 is 19.9 Å². The van der Waals surface area contributed by atoms with E-state index in [9.17, 15) is 5.11 Å². The molecule has 1 aromatic heterocycles. The first kappa shape index (κ1) is 13.9. The number of aromatic hydroxyl groups is 1. The molecule has 0 fully saturated rings. The first-order valence-electron chi connectivity index (χ1n) is 5.53. The topological polar surface area (TPSA) is 63.6 Å². The second-order valence-corrected chi connectivity index (χ2v) is 3.93. The van der Waals surface area contributed by atoms with Crippen LogP contribution in [-0.2, 0) is 16.0 Å². The van der Waals surface area contributed by atoms with Crippen molar-refractivity contribution >= 4 is 0 Å². The average Bonchev–Trinajstić information content (AvgIpc) is 2.32. The Morgan fingerprint density at radius 1 is 1.35 bits per heavy atom.